The molecule has 0 amide bonds. The molecule has 1 aromatic heterocycles. The van der Waals surface area contributed by atoms with E-state index in [0.717, 1.165) is 6.07 Å². The van der Waals surface area contributed by atoms with Crippen molar-refractivity contribution in [3.05, 3.63) is 30.0 Å². The standard InChI is InChI=1S/C10H8F2N2O.C2H2O4/c1-15-7-4-5(11)10-8(9(7)12)6(13)2-3-14-10;3-1(4)2(5)6/h2-4H,1H3,(H2,13,14);(H,3,4)(H,5,6). The van der Waals surface area contributed by atoms with Gasteiger partial charge >= 0.3 is 11.9 Å². The van der Waals surface area contributed by atoms with Crippen LogP contribution in [0.1, 0.15) is 0 Å². The van der Waals surface area contributed by atoms with E-state index in [-0.39, 0.29) is 22.3 Å². The van der Waals surface area contributed by atoms with Gasteiger partial charge in [0.05, 0.1) is 12.5 Å². The molecular weight excluding hydrogens is 290 g/mol. The second kappa shape index (κ2) is 6.46. The van der Waals surface area contributed by atoms with Crippen LogP contribution < -0.4 is 10.5 Å². The first kappa shape index (κ1) is 16.1. The predicted molar refractivity (Wildman–Crippen MR) is 67.9 cm³/mol. The molecule has 0 bridgehead atoms. The second-order valence-corrected chi connectivity index (χ2v) is 3.61. The predicted octanol–water partition coefficient (Wildman–Crippen LogP) is 1.26. The van der Waals surface area contributed by atoms with Gasteiger partial charge in [-0.25, -0.2) is 18.4 Å². The lowest BCUT2D eigenvalue weighted by atomic mass is 10.1. The number of anilines is 1. The summed E-state index contributed by atoms with van der Waals surface area (Å²) >= 11 is 0. The summed E-state index contributed by atoms with van der Waals surface area (Å²) in [4.78, 5) is 21.9. The van der Waals surface area contributed by atoms with Crippen LogP contribution in [0, 0.1) is 11.6 Å². The van der Waals surface area contributed by atoms with Gasteiger partial charge < -0.3 is 20.7 Å². The van der Waals surface area contributed by atoms with Gasteiger partial charge in [-0.1, -0.05) is 0 Å². The van der Waals surface area contributed by atoms with Gasteiger partial charge in [0.25, 0.3) is 0 Å². The summed E-state index contributed by atoms with van der Waals surface area (Å²) < 4.78 is 31.8. The number of fused-ring (bicyclic) bond motifs is 1. The van der Waals surface area contributed by atoms with Crippen LogP contribution in [0.5, 0.6) is 5.75 Å². The SMILES string of the molecule is COc1cc(F)c2nccc(N)c2c1F.O=C(O)C(=O)O. The van der Waals surface area contributed by atoms with Crippen LogP contribution in [0.4, 0.5) is 14.5 Å². The molecule has 2 rings (SSSR count). The number of nitrogen functional groups attached to an aromatic ring is 1. The quantitative estimate of drug-likeness (QED) is 0.677. The van der Waals surface area contributed by atoms with E-state index in [9.17, 15) is 8.78 Å². The molecule has 21 heavy (non-hydrogen) atoms. The molecule has 0 unspecified atom stereocenters. The van der Waals surface area contributed by atoms with E-state index >= 15 is 0 Å². The highest BCUT2D eigenvalue weighted by atomic mass is 19.1. The normalized spacial score (nSPS) is 9.67. The van der Waals surface area contributed by atoms with E-state index in [1.165, 1.54) is 19.4 Å². The molecule has 112 valence electrons. The van der Waals surface area contributed by atoms with Gasteiger partial charge in [-0.15, -0.1) is 0 Å². The minimum absolute atomic E-state index is 0.0469. The number of ether oxygens (including phenoxy) is 1. The number of rotatable bonds is 1. The number of carbonyl (C=O) groups is 2. The van der Waals surface area contributed by atoms with Gasteiger partial charge in [0.15, 0.2) is 17.4 Å². The van der Waals surface area contributed by atoms with E-state index in [2.05, 4.69) is 4.98 Å². The zero-order chi connectivity index (χ0) is 16.2. The zero-order valence-corrected chi connectivity index (χ0v) is 10.6. The van der Waals surface area contributed by atoms with Crippen LogP contribution >= 0.6 is 0 Å². The lowest BCUT2D eigenvalue weighted by molar-refractivity contribution is -0.159. The van der Waals surface area contributed by atoms with Gasteiger partial charge in [-0.2, -0.15) is 0 Å². The summed E-state index contributed by atoms with van der Waals surface area (Å²) in [7, 11) is 1.26. The molecule has 0 fully saturated rings. The summed E-state index contributed by atoms with van der Waals surface area (Å²) in [5.41, 5.74) is 5.59. The Kier molecular flexibility index (Phi) is 4.95. The van der Waals surface area contributed by atoms with Gasteiger partial charge in [0.1, 0.15) is 5.52 Å². The molecule has 2 aromatic rings. The first-order chi connectivity index (χ1) is 9.79. The average molecular weight is 300 g/mol. The summed E-state index contributed by atoms with van der Waals surface area (Å²) in [6.07, 6.45) is 1.33. The highest BCUT2D eigenvalue weighted by Crippen LogP contribution is 2.30. The maximum absolute atomic E-state index is 13.7. The summed E-state index contributed by atoms with van der Waals surface area (Å²) in [5, 5.41) is 14.7. The Morgan fingerprint density at radius 1 is 1.29 bits per heavy atom. The largest absolute Gasteiger partial charge is 0.494 e. The third-order valence-corrected chi connectivity index (χ3v) is 2.31. The van der Waals surface area contributed by atoms with Gasteiger partial charge in [0, 0.05) is 18.0 Å². The van der Waals surface area contributed by atoms with Crippen LogP contribution in [0.25, 0.3) is 10.9 Å². The number of methoxy groups -OCH3 is 1. The first-order valence-corrected chi connectivity index (χ1v) is 5.32. The lowest BCUT2D eigenvalue weighted by Crippen LogP contribution is -2.09. The molecule has 0 aliphatic carbocycles. The fourth-order valence-corrected chi connectivity index (χ4v) is 1.41. The monoisotopic (exact) mass is 300 g/mol. The smallest absolute Gasteiger partial charge is 0.414 e. The highest BCUT2D eigenvalue weighted by molar-refractivity contribution is 6.27. The van der Waals surface area contributed by atoms with Crippen molar-refractivity contribution in [3.8, 4) is 5.75 Å². The molecule has 0 aliphatic rings. The number of nitrogens with two attached hydrogens (primary N) is 1. The number of pyridine rings is 1. The van der Waals surface area contributed by atoms with Crippen molar-refractivity contribution in [1.82, 2.24) is 4.98 Å². The number of halogens is 2. The van der Waals surface area contributed by atoms with Crippen LogP contribution in [0.15, 0.2) is 18.3 Å². The summed E-state index contributed by atoms with van der Waals surface area (Å²) in [5.74, 6) is -5.18. The number of hydrogen-bond donors (Lipinski definition) is 3. The number of benzene rings is 1. The molecule has 0 spiro atoms. The van der Waals surface area contributed by atoms with Gasteiger partial charge in [-0.05, 0) is 6.07 Å². The Bertz CT molecular complexity index is 694. The molecule has 9 heteroatoms. The fraction of sp³-hybridized carbons (Fsp3) is 0.0833. The second-order valence-electron chi connectivity index (χ2n) is 3.61. The molecule has 0 radical (unpaired) electrons. The Balaban J connectivity index is 0.000000315. The average Bonchev–Trinajstić information content (AvgIpc) is 2.43. The Morgan fingerprint density at radius 3 is 2.33 bits per heavy atom. The molecule has 1 heterocycles. The van der Waals surface area contributed by atoms with E-state index in [0.29, 0.717) is 0 Å². The molecule has 4 N–H and O–H groups in total. The molecular formula is C12H10F2N2O5. The van der Waals surface area contributed by atoms with Crippen LogP contribution in [-0.4, -0.2) is 34.2 Å². The number of hydrogen-bond acceptors (Lipinski definition) is 5. The third-order valence-electron chi connectivity index (χ3n) is 2.31. The molecule has 0 saturated heterocycles. The van der Waals surface area contributed by atoms with Gasteiger partial charge in [-0.3, -0.25) is 4.98 Å². The molecule has 0 aliphatic heterocycles. The third kappa shape index (κ3) is 3.53. The maximum atomic E-state index is 13.7. The Morgan fingerprint density at radius 2 is 1.86 bits per heavy atom. The molecule has 7 nitrogen and oxygen atoms in total. The van der Waals surface area contributed by atoms with E-state index in [1.54, 1.807) is 0 Å². The highest BCUT2D eigenvalue weighted by Gasteiger charge is 2.15. The van der Waals surface area contributed by atoms with Crippen molar-refractivity contribution in [2.24, 2.45) is 0 Å². The topological polar surface area (TPSA) is 123 Å². The summed E-state index contributed by atoms with van der Waals surface area (Å²) in [6, 6.07) is 2.36. The van der Waals surface area contributed by atoms with Crippen molar-refractivity contribution in [1.29, 1.82) is 0 Å². The van der Waals surface area contributed by atoms with Crippen LogP contribution in [0.3, 0.4) is 0 Å². The minimum Gasteiger partial charge on any atom is -0.494 e. The number of nitrogens with zero attached hydrogens (tertiary/aromatic N) is 1. The van der Waals surface area contributed by atoms with Crippen LogP contribution in [-0.2, 0) is 9.59 Å². The van der Waals surface area contributed by atoms with Crippen molar-refractivity contribution >= 4 is 28.5 Å². The van der Waals surface area contributed by atoms with Crippen LogP contribution in [0.2, 0.25) is 0 Å². The van der Waals surface area contributed by atoms with Crippen molar-refractivity contribution in [2.45, 2.75) is 0 Å². The molecule has 1 aromatic carbocycles. The Hall–Kier alpha value is -2.97. The van der Waals surface area contributed by atoms with Crippen molar-refractivity contribution < 1.29 is 33.3 Å². The number of carboxylic acids is 2. The minimum atomic E-state index is -1.82. The zero-order valence-electron chi connectivity index (χ0n) is 10.6. The lowest BCUT2D eigenvalue weighted by Gasteiger charge is -2.07. The number of aromatic nitrogens is 1. The van der Waals surface area contributed by atoms with E-state index < -0.39 is 23.6 Å². The van der Waals surface area contributed by atoms with Crippen molar-refractivity contribution in [3.63, 3.8) is 0 Å². The molecule has 0 atom stereocenters. The Labute approximate surface area is 116 Å². The number of carboxylic acid groups (broad SMARTS) is 2. The van der Waals surface area contributed by atoms with E-state index in [4.69, 9.17) is 30.3 Å². The number of aliphatic carboxylic acids is 2. The van der Waals surface area contributed by atoms with Gasteiger partial charge in [0.2, 0.25) is 0 Å². The maximum Gasteiger partial charge on any atom is 0.414 e. The first-order valence-electron chi connectivity index (χ1n) is 5.32. The fourth-order valence-electron chi connectivity index (χ4n) is 1.41. The van der Waals surface area contributed by atoms with E-state index in [1.807, 2.05) is 0 Å². The van der Waals surface area contributed by atoms with Crippen molar-refractivity contribution in [2.75, 3.05) is 12.8 Å². The summed E-state index contributed by atoms with van der Waals surface area (Å²) in [6.45, 7) is 0. The molecule has 0 saturated carbocycles.